The van der Waals surface area contributed by atoms with E-state index in [0.717, 1.165) is 25.7 Å². The largest absolute Gasteiger partial charge is 0.215 e. The third-order valence-corrected chi connectivity index (χ3v) is 4.83. The number of sulfonamides is 1. The van der Waals surface area contributed by atoms with Crippen LogP contribution in [0.5, 0.6) is 0 Å². The average Bonchev–Trinajstić information content (AvgIpc) is 2.92. The summed E-state index contributed by atoms with van der Waals surface area (Å²) in [6.45, 7) is 0.539. The predicted octanol–water partition coefficient (Wildman–Crippen LogP) is 0.714. The molecular formula is C9H14N2O2S. The van der Waals surface area contributed by atoms with Crippen LogP contribution >= 0.6 is 0 Å². The molecule has 14 heavy (non-hydrogen) atoms. The Labute approximate surface area is 84.6 Å². The minimum absolute atomic E-state index is 0.220. The monoisotopic (exact) mass is 214 g/mol. The van der Waals surface area contributed by atoms with Crippen LogP contribution in [0.3, 0.4) is 0 Å². The number of hydrogen-bond donors (Lipinski definition) is 0. The first-order valence-electron chi connectivity index (χ1n) is 5.04. The van der Waals surface area contributed by atoms with Crippen molar-refractivity contribution < 1.29 is 8.42 Å². The van der Waals surface area contributed by atoms with Gasteiger partial charge in [0.2, 0.25) is 10.0 Å². The second kappa shape index (κ2) is 3.52. The van der Waals surface area contributed by atoms with Crippen molar-refractivity contribution in [1.82, 2.24) is 4.31 Å². The fourth-order valence-corrected chi connectivity index (χ4v) is 3.71. The molecule has 1 unspecified atom stereocenters. The van der Waals surface area contributed by atoms with Gasteiger partial charge in [-0.1, -0.05) is 0 Å². The molecule has 78 valence electrons. The molecule has 0 aromatic heterocycles. The van der Waals surface area contributed by atoms with Gasteiger partial charge in [0.05, 0.1) is 11.8 Å². The Kier molecular flexibility index (Phi) is 2.50. The molecular weight excluding hydrogens is 200 g/mol. The van der Waals surface area contributed by atoms with Crippen molar-refractivity contribution in [3.63, 3.8) is 0 Å². The molecule has 1 atom stereocenters. The summed E-state index contributed by atoms with van der Waals surface area (Å²) >= 11 is 0. The number of rotatable bonds is 2. The second-order valence-corrected chi connectivity index (χ2v) is 6.09. The summed E-state index contributed by atoms with van der Waals surface area (Å²) in [6.07, 6.45) is 3.64. The first-order valence-corrected chi connectivity index (χ1v) is 6.65. The van der Waals surface area contributed by atoms with Gasteiger partial charge < -0.3 is 0 Å². The molecule has 0 radical (unpaired) electrons. The molecule has 0 aromatic rings. The van der Waals surface area contributed by atoms with Crippen LogP contribution < -0.4 is 0 Å². The molecule has 5 heteroatoms. The first-order chi connectivity index (χ1) is 6.65. The number of hydrogen-bond acceptors (Lipinski definition) is 3. The van der Waals surface area contributed by atoms with Crippen LogP contribution in [-0.4, -0.2) is 31.1 Å². The lowest BCUT2D eigenvalue weighted by Gasteiger charge is -2.29. The molecule has 0 spiro atoms. The van der Waals surface area contributed by atoms with Crippen molar-refractivity contribution in [2.75, 3.05) is 12.3 Å². The van der Waals surface area contributed by atoms with Crippen LogP contribution in [-0.2, 0) is 10.0 Å². The lowest BCUT2D eigenvalue weighted by atomic mass is 10.2. The van der Waals surface area contributed by atoms with Gasteiger partial charge >= 0.3 is 0 Å². The van der Waals surface area contributed by atoms with Crippen molar-refractivity contribution in [2.24, 2.45) is 5.92 Å². The highest BCUT2D eigenvalue weighted by molar-refractivity contribution is 7.89. The minimum Gasteiger partial charge on any atom is -0.212 e. The zero-order valence-corrected chi connectivity index (χ0v) is 8.83. The Morgan fingerprint density at radius 1 is 1.36 bits per heavy atom. The molecule has 1 aliphatic carbocycles. The Hall–Kier alpha value is -0.600. The fraction of sp³-hybridized carbons (Fsp3) is 0.889. The zero-order valence-electron chi connectivity index (χ0n) is 8.02. The van der Waals surface area contributed by atoms with E-state index in [0.29, 0.717) is 12.5 Å². The topological polar surface area (TPSA) is 61.2 Å². The predicted molar refractivity (Wildman–Crippen MR) is 51.9 cm³/mol. The normalized spacial score (nSPS) is 29.4. The van der Waals surface area contributed by atoms with E-state index in [9.17, 15) is 8.42 Å². The molecule has 1 aliphatic heterocycles. The van der Waals surface area contributed by atoms with E-state index < -0.39 is 10.0 Å². The van der Waals surface area contributed by atoms with Gasteiger partial charge in [0.15, 0.2) is 0 Å². The van der Waals surface area contributed by atoms with E-state index in [1.807, 2.05) is 0 Å². The highest BCUT2D eigenvalue weighted by atomic mass is 32.2. The molecule has 4 nitrogen and oxygen atoms in total. The van der Waals surface area contributed by atoms with E-state index in [2.05, 4.69) is 6.07 Å². The van der Waals surface area contributed by atoms with Crippen LogP contribution in [0, 0.1) is 17.2 Å². The Morgan fingerprint density at radius 3 is 2.57 bits per heavy atom. The summed E-state index contributed by atoms with van der Waals surface area (Å²) in [5.74, 6) is 0.519. The molecule has 1 saturated carbocycles. The molecule has 1 saturated heterocycles. The number of nitriles is 1. The van der Waals surface area contributed by atoms with Crippen LogP contribution in [0.4, 0.5) is 0 Å². The summed E-state index contributed by atoms with van der Waals surface area (Å²) in [7, 11) is -3.13. The second-order valence-electron chi connectivity index (χ2n) is 4.05. The maximum absolute atomic E-state index is 11.7. The zero-order chi connectivity index (χ0) is 10.2. The van der Waals surface area contributed by atoms with Crippen LogP contribution in [0.1, 0.15) is 25.7 Å². The highest BCUT2D eigenvalue weighted by Gasteiger charge is 2.41. The Balaban J connectivity index is 2.18. The SMILES string of the molecule is N#CC(C1CC1)N1CCCCS1(=O)=O. The maximum atomic E-state index is 11.7. The lowest BCUT2D eigenvalue weighted by Crippen LogP contribution is -2.45. The Bertz CT molecular complexity index is 353. The molecule has 2 aliphatic rings. The third kappa shape index (κ3) is 1.77. The summed E-state index contributed by atoms with van der Waals surface area (Å²) < 4.78 is 24.8. The van der Waals surface area contributed by atoms with Crippen molar-refractivity contribution in [3.05, 3.63) is 0 Å². The lowest BCUT2D eigenvalue weighted by molar-refractivity contribution is 0.322. The van der Waals surface area contributed by atoms with Gasteiger partial charge in [-0.05, 0) is 31.6 Å². The van der Waals surface area contributed by atoms with Crippen molar-refractivity contribution >= 4 is 10.0 Å². The third-order valence-electron chi connectivity index (χ3n) is 2.90. The summed E-state index contributed by atoms with van der Waals surface area (Å²) in [4.78, 5) is 0. The van der Waals surface area contributed by atoms with Gasteiger partial charge in [0.1, 0.15) is 6.04 Å². The van der Waals surface area contributed by atoms with E-state index in [4.69, 9.17) is 5.26 Å². The number of nitrogens with zero attached hydrogens (tertiary/aromatic N) is 2. The average molecular weight is 214 g/mol. The van der Waals surface area contributed by atoms with Crippen molar-refractivity contribution in [3.8, 4) is 6.07 Å². The van der Waals surface area contributed by atoms with E-state index in [1.165, 1.54) is 4.31 Å². The van der Waals surface area contributed by atoms with Crippen molar-refractivity contribution in [1.29, 1.82) is 5.26 Å². The van der Waals surface area contributed by atoms with Gasteiger partial charge in [-0.25, -0.2) is 8.42 Å². The van der Waals surface area contributed by atoms with Crippen LogP contribution in [0.15, 0.2) is 0 Å². The highest BCUT2D eigenvalue weighted by Crippen LogP contribution is 2.37. The van der Waals surface area contributed by atoms with Crippen LogP contribution in [0.25, 0.3) is 0 Å². The maximum Gasteiger partial charge on any atom is 0.215 e. The molecule has 0 amide bonds. The van der Waals surface area contributed by atoms with Crippen molar-refractivity contribution in [2.45, 2.75) is 31.7 Å². The molecule has 1 heterocycles. The molecule has 0 aromatic carbocycles. The van der Waals surface area contributed by atoms with E-state index >= 15 is 0 Å². The molecule has 2 fully saturated rings. The summed E-state index contributed by atoms with van der Waals surface area (Å²) in [6, 6.07) is 1.75. The summed E-state index contributed by atoms with van der Waals surface area (Å²) in [5, 5.41) is 8.96. The minimum atomic E-state index is -3.13. The van der Waals surface area contributed by atoms with Gasteiger partial charge in [-0.3, -0.25) is 0 Å². The molecule has 0 bridgehead atoms. The quantitative estimate of drug-likeness (QED) is 0.680. The Morgan fingerprint density at radius 2 is 2.07 bits per heavy atom. The first kappa shape index (κ1) is 9.94. The molecule has 0 N–H and O–H groups in total. The fourth-order valence-electron chi connectivity index (χ4n) is 1.94. The van der Waals surface area contributed by atoms with Gasteiger partial charge in [-0.15, -0.1) is 0 Å². The van der Waals surface area contributed by atoms with Crippen LogP contribution in [0.2, 0.25) is 0 Å². The standard InChI is InChI=1S/C9H14N2O2S/c10-7-9(8-3-4-8)11-5-1-2-6-14(11,12)13/h8-9H,1-6H2. The smallest absolute Gasteiger partial charge is 0.212 e. The molecule has 2 rings (SSSR count). The van der Waals surface area contributed by atoms with E-state index in [-0.39, 0.29) is 11.8 Å². The van der Waals surface area contributed by atoms with Gasteiger partial charge in [0.25, 0.3) is 0 Å². The van der Waals surface area contributed by atoms with Gasteiger partial charge in [0, 0.05) is 6.54 Å². The summed E-state index contributed by atoms with van der Waals surface area (Å²) in [5.41, 5.74) is 0. The van der Waals surface area contributed by atoms with Gasteiger partial charge in [-0.2, -0.15) is 9.57 Å². The van der Waals surface area contributed by atoms with E-state index in [1.54, 1.807) is 0 Å².